The molecule has 0 saturated carbocycles. The van der Waals surface area contributed by atoms with Crippen molar-refractivity contribution in [1.82, 2.24) is 0 Å². The van der Waals surface area contributed by atoms with Gasteiger partial charge in [0.05, 0.1) is 39.6 Å². The maximum Gasteiger partial charge on any atom is 1.00 e. The molecule has 22 saturated heterocycles. The molecule has 0 aromatic rings. The minimum atomic E-state index is -5.86. The first kappa shape index (κ1) is 59.9. The van der Waals surface area contributed by atoms with Crippen LogP contribution in [0.3, 0.4) is 0 Å². The van der Waals surface area contributed by atoms with Gasteiger partial charge in [0, 0.05) is 0 Å². The summed E-state index contributed by atoms with van der Waals surface area (Å²) in [6, 6.07) is 0. The predicted octanol–water partition coefficient (Wildman–Crippen LogP) is -16.6. The van der Waals surface area contributed by atoms with Gasteiger partial charge in [0.15, 0.2) is 37.7 Å². The van der Waals surface area contributed by atoms with Crippen LogP contribution in [0.2, 0.25) is 0 Å². The second-order valence-electron chi connectivity index (χ2n) is 17.3. The molecule has 22 heterocycles. The molecular weight excluding hydrogens is 1020 g/mol. The molecule has 22 fully saturated rings. The summed E-state index contributed by atoms with van der Waals surface area (Å²) in [7, 11) is -5.86. The van der Waals surface area contributed by atoms with E-state index in [1.54, 1.807) is 0 Å². The second kappa shape index (κ2) is 25.0. The Morgan fingerprint density at radius 1 is 0.310 bits per heavy atom. The molecule has 0 amide bonds. The molecule has 35 heteroatoms. The Morgan fingerprint density at radius 2 is 0.493 bits per heavy atom. The van der Waals surface area contributed by atoms with Gasteiger partial charge in [-0.25, -0.2) is 8.42 Å². The minimum absolute atomic E-state index is 0. The molecular formula is C36H59NaO33S. The van der Waals surface area contributed by atoms with Crippen molar-refractivity contribution in [3.63, 3.8) is 0 Å². The summed E-state index contributed by atoms with van der Waals surface area (Å²) in [6.45, 7) is -6.59. The van der Waals surface area contributed by atoms with Gasteiger partial charge >= 0.3 is 29.6 Å². The van der Waals surface area contributed by atoms with Gasteiger partial charge in [-0.05, 0) is 0 Å². The molecule has 0 aliphatic carbocycles. The summed E-state index contributed by atoms with van der Waals surface area (Å²) in [5.41, 5.74) is 0. The first-order chi connectivity index (χ1) is 33.1. The summed E-state index contributed by atoms with van der Waals surface area (Å²) >= 11 is 0. The second-order valence-corrected chi connectivity index (χ2v) is 18.3. The third kappa shape index (κ3) is 12.4. The number of aliphatic hydroxyl groups excluding tert-OH is 17. The Morgan fingerprint density at radius 3 is 0.690 bits per heavy atom. The van der Waals surface area contributed by atoms with Gasteiger partial charge in [0.25, 0.3) is 0 Å². The number of hydrogen-bond acceptors (Lipinski definition) is 33. The van der Waals surface area contributed by atoms with Gasteiger partial charge < -0.3 is 148 Å². The third-order valence-corrected chi connectivity index (χ3v) is 13.3. The van der Waals surface area contributed by atoms with Gasteiger partial charge in [0.2, 0.25) is 10.4 Å². The molecule has 71 heavy (non-hydrogen) atoms. The smallest absolute Gasteiger partial charge is 0.726 e. The monoisotopic (exact) mass is 1070 g/mol. The average molecular weight is 1070 g/mol. The van der Waals surface area contributed by atoms with Gasteiger partial charge in [-0.15, -0.1) is 0 Å². The summed E-state index contributed by atoms with van der Waals surface area (Å²) in [6.07, 6.45) is -62.7. The Bertz CT molecular complexity index is 1770. The third-order valence-electron chi connectivity index (χ3n) is 12.9. The van der Waals surface area contributed by atoms with Gasteiger partial charge in [-0.2, -0.15) is 0 Å². The van der Waals surface area contributed by atoms with Crippen molar-refractivity contribution in [3.05, 3.63) is 0 Å². The average Bonchev–Trinajstić information content (AvgIpc) is 3.33. The van der Waals surface area contributed by atoms with E-state index in [-0.39, 0.29) is 29.6 Å². The Hall–Kier alpha value is -0.290. The van der Waals surface area contributed by atoms with Gasteiger partial charge in [0.1, 0.15) is 146 Å². The fourth-order valence-electron chi connectivity index (χ4n) is 9.16. The number of aliphatic hydroxyl groups is 17. The maximum absolute atomic E-state index is 12.0. The van der Waals surface area contributed by atoms with Crippen LogP contribution in [0.5, 0.6) is 0 Å². The van der Waals surface area contributed by atoms with E-state index in [0.717, 1.165) is 0 Å². The standard InChI is InChI=1S/C36H60O33S.Na/c37-1-7-24-13(43)18(48)31(57-7)64-25-8(2-38)59-33(20(50)15(25)45)66-27-10(4-40)61-35(22(52)17(27)47)68-29-12(6-42)62-36(23(53)30(29)69-70(54,55)56)67-28-11(5-41)60-34(21(51)16(28)46)65-26-9(3-39)58-32(63-24)19(49)14(26)44;/h7-53H,1-6H2,(H,54,55,56);/q;+1/p-1/t7-,8-,9-,10-,11-,12-,13-,14-,15-,16-,17-,18-,19-,20-,21-,22-,23-,24-,25-,26-,27-,28-,29+,30-,31-,32-,33-,34-,35-,36-;/m1./s1. The van der Waals surface area contributed by atoms with Crippen molar-refractivity contribution in [3.8, 4) is 0 Å². The Labute approximate surface area is 423 Å². The van der Waals surface area contributed by atoms with Crippen molar-refractivity contribution in [2.24, 2.45) is 0 Å². The summed E-state index contributed by atoms with van der Waals surface area (Å²) < 4.78 is 108. The first-order valence-electron chi connectivity index (χ1n) is 21.7. The van der Waals surface area contributed by atoms with E-state index in [4.69, 9.17) is 56.8 Å². The fourth-order valence-corrected chi connectivity index (χ4v) is 9.65. The van der Waals surface area contributed by atoms with Crippen LogP contribution in [0.4, 0.5) is 0 Å². The quantitative estimate of drug-likeness (QED) is 0.0610. The van der Waals surface area contributed by atoms with Crippen molar-refractivity contribution in [2.75, 3.05) is 39.6 Å². The summed E-state index contributed by atoms with van der Waals surface area (Å²) in [5.74, 6) is 0. The normalized spacial score (nSPS) is 52.4. The van der Waals surface area contributed by atoms with E-state index in [2.05, 4.69) is 4.18 Å². The maximum atomic E-state index is 12.0. The number of rotatable bonds is 8. The molecule has 22 rings (SSSR count). The Balaban J connectivity index is 0.00000825. The zero-order valence-corrected chi connectivity index (χ0v) is 39.9. The molecule has 22 aliphatic rings. The minimum Gasteiger partial charge on any atom is -0.726 e. The Kier molecular flexibility index (Phi) is 21.1. The van der Waals surface area contributed by atoms with E-state index in [1.165, 1.54) is 0 Å². The van der Waals surface area contributed by atoms with E-state index in [1.807, 2.05) is 0 Å². The van der Waals surface area contributed by atoms with Crippen LogP contribution in [0.15, 0.2) is 0 Å². The molecule has 0 spiro atoms. The number of hydrogen-bond donors (Lipinski definition) is 17. The van der Waals surface area contributed by atoms with Crippen LogP contribution in [-0.2, 0) is 71.4 Å². The summed E-state index contributed by atoms with van der Waals surface area (Å²) in [4.78, 5) is 0. The van der Waals surface area contributed by atoms with Gasteiger partial charge in [-0.3, -0.25) is 4.18 Å². The van der Waals surface area contributed by atoms with Crippen molar-refractivity contribution >= 4 is 10.4 Å². The molecule has 0 aromatic heterocycles. The molecule has 22 aliphatic heterocycles. The molecule has 0 radical (unpaired) electrons. The van der Waals surface area contributed by atoms with Crippen LogP contribution in [0.25, 0.3) is 0 Å². The van der Waals surface area contributed by atoms with E-state index >= 15 is 0 Å². The molecule has 30 atom stereocenters. The molecule has 33 nitrogen and oxygen atoms in total. The topological polar surface area (TPSA) is 521 Å². The van der Waals surface area contributed by atoms with Crippen LogP contribution in [0.1, 0.15) is 0 Å². The zero-order valence-electron chi connectivity index (χ0n) is 37.1. The molecule has 12 bridgehead atoms. The van der Waals surface area contributed by atoms with Crippen LogP contribution in [0, 0.1) is 0 Å². The van der Waals surface area contributed by atoms with Crippen molar-refractivity contribution < 1.29 is 190 Å². The summed E-state index contributed by atoms with van der Waals surface area (Å²) in [5, 5.41) is 185. The SMILES string of the molecule is O=S(=O)([O-])O[C@@H]1[C@@H](O)[C@H]2O[C@H]3[C@H](O)[C@@H](O)[C@@H](O[C@H]4[C@H](O)[C@@H](O)[C@@H](O[C@H]5[C@H](O)[C@@H](O)[C@@H](O[C@H]6[C@H](O)[C@@H](O)[C@@H](O[C@H]7[C@H](O)[C@@H](O)[C@@H](O[C@H]1[C@@H](CO)O2)O[C@@H]7CO)O[C@@H]6CO)O[C@@H]5CO)O[C@@H]4CO)O[C@@H]3CO.[Na+]. The van der Waals surface area contributed by atoms with Crippen LogP contribution in [-0.4, -0.2) is 324 Å². The molecule has 408 valence electrons. The van der Waals surface area contributed by atoms with Gasteiger partial charge in [-0.1, -0.05) is 0 Å². The van der Waals surface area contributed by atoms with Crippen molar-refractivity contribution in [2.45, 2.75) is 184 Å². The molecule has 0 aromatic carbocycles. The first-order valence-corrected chi connectivity index (χ1v) is 23.1. The van der Waals surface area contributed by atoms with E-state index < -0.39 is 234 Å². The fraction of sp³-hybridized carbons (Fsp3) is 1.00. The largest absolute Gasteiger partial charge is 1.00 e. The number of ether oxygens (including phenoxy) is 12. The predicted molar refractivity (Wildman–Crippen MR) is 204 cm³/mol. The van der Waals surface area contributed by atoms with E-state index in [9.17, 15) is 99.8 Å². The zero-order chi connectivity index (χ0) is 51.3. The molecule has 17 N–H and O–H groups in total. The van der Waals surface area contributed by atoms with Crippen LogP contribution < -0.4 is 29.6 Å². The molecule has 0 unspecified atom stereocenters. The van der Waals surface area contributed by atoms with E-state index in [0.29, 0.717) is 0 Å². The van der Waals surface area contributed by atoms with Crippen molar-refractivity contribution in [1.29, 1.82) is 0 Å². The van der Waals surface area contributed by atoms with Crippen LogP contribution >= 0.6 is 0 Å².